The molecular formula is C14H12N4O3. The number of hydrogen-bond donors (Lipinski definition) is 2. The molecule has 3 rings (SSSR count). The number of nitrogens with two attached hydrogens (primary N) is 1. The van der Waals surface area contributed by atoms with E-state index in [1.165, 1.54) is 19.2 Å². The maximum Gasteiger partial charge on any atom is 0.273 e. The van der Waals surface area contributed by atoms with Gasteiger partial charge in [-0.15, -0.1) is 0 Å². The van der Waals surface area contributed by atoms with E-state index in [0.29, 0.717) is 22.7 Å². The minimum Gasteiger partial charge on any atom is -0.496 e. The standard InChI is InChI=1S/C14H12N4O3/c1-21-13-7-9(18(19)20)3-5-11(13)14-10-4-2-8(15)6-12(10)16-17-14/h2-7H,15H2,1H3,(H,16,17). The van der Waals surface area contributed by atoms with Crippen LogP contribution < -0.4 is 10.5 Å². The van der Waals surface area contributed by atoms with Crippen molar-refractivity contribution in [2.24, 2.45) is 0 Å². The van der Waals surface area contributed by atoms with Gasteiger partial charge in [-0.1, -0.05) is 0 Å². The van der Waals surface area contributed by atoms with Crippen molar-refractivity contribution in [3.8, 4) is 17.0 Å². The van der Waals surface area contributed by atoms with E-state index in [9.17, 15) is 10.1 Å². The van der Waals surface area contributed by atoms with Gasteiger partial charge in [0.25, 0.3) is 5.69 Å². The second-order valence-corrected chi connectivity index (χ2v) is 4.52. The van der Waals surface area contributed by atoms with E-state index in [4.69, 9.17) is 10.5 Å². The molecule has 0 bridgehead atoms. The summed E-state index contributed by atoms with van der Waals surface area (Å²) in [5.74, 6) is 0.398. The normalized spacial score (nSPS) is 10.7. The minimum atomic E-state index is -0.463. The summed E-state index contributed by atoms with van der Waals surface area (Å²) in [6.45, 7) is 0. The SMILES string of the molecule is COc1cc([N+](=O)[O-])ccc1-c1n[nH]c2cc(N)ccc12. The van der Waals surface area contributed by atoms with Crippen molar-refractivity contribution in [2.45, 2.75) is 0 Å². The number of non-ortho nitro benzene ring substituents is 1. The Labute approximate surface area is 119 Å². The van der Waals surface area contributed by atoms with Crippen LogP contribution in [0.5, 0.6) is 5.75 Å². The van der Waals surface area contributed by atoms with Gasteiger partial charge in [0.15, 0.2) is 0 Å². The molecule has 0 saturated heterocycles. The van der Waals surface area contributed by atoms with Crippen LogP contribution in [0.1, 0.15) is 0 Å². The number of ether oxygens (including phenoxy) is 1. The molecular weight excluding hydrogens is 272 g/mol. The highest BCUT2D eigenvalue weighted by Gasteiger charge is 2.16. The molecule has 3 aromatic rings. The van der Waals surface area contributed by atoms with Gasteiger partial charge in [-0.2, -0.15) is 5.10 Å². The Balaban J connectivity index is 2.20. The van der Waals surface area contributed by atoms with E-state index >= 15 is 0 Å². The molecule has 1 aromatic heterocycles. The average Bonchev–Trinajstić information content (AvgIpc) is 2.89. The molecule has 0 aliphatic rings. The molecule has 7 heteroatoms. The number of aromatic amines is 1. The summed E-state index contributed by atoms with van der Waals surface area (Å²) in [5.41, 5.74) is 8.48. The van der Waals surface area contributed by atoms with Crippen LogP contribution in [-0.4, -0.2) is 22.2 Å². The number of nitrogen functional groups attached to an aromatic ring is 1. The number of aromatic nitrogens is 2. The maximum atomic E-state index is 10.8. The highest BCUT2D eigenvalue weighted by molar-refractivity contribution is 5.95. The van der Waals surface area contributed by atoms with Crippen molar-refractivity contribution < 1.29 is 9.66 Å². The highest BCUT2D eigenvalue weighted by atomic mass is 16.6. The molecule has 0 spiro atoms. The number of rotatable bonds is 3. The number of H-pyrrole nitrogens is 1. The van der Waals surface area contributed by atoms with Crippen LogP contribution in [0.4, 0.5) is 11.4 Å². The first-order valence-electron chi connectivity index (χ1n) is 6.16. The lowest BCUT2D eigenvalue weighted by molar-refractivity contribution is -0.384. The van der Waals surface area contributed by atoms with E-state index in [1.54, 1.807) is 18.2 Å². The fourth-order valence-corrected chi connectivity index (χ4v) is 2.23. The smallest absolute Gasteiger partial charge is 0.273 e. The van der Waals surface area contributed by atoms with Crippen molar-refractivity contribution >= 4 is 22.3 Å². The number of nitrogens with one attached hydrogen (secondary N) is 1. The molecule has 3 N–H and O–H groups in total. The van der Waals surface area contributed by atoms with Crippen LogP contribution >= 0.6 is 0 Å². The van der Waals surface area contributed by atoms with Crippen LogP contribution in [0.25, 0.3) is 22.2 Å². The van der Waals surface area contributed by atoms with Gasteiger partial charge in [0.2, 0.25) is 0 Å². The number of anilines is 1. The van der Waals surface area contributed by atoms with Gasteiger partial charge in [-0.3, -0.25) is 15.2 Å². The van der Waals surface area contributed by atoms with E-state index in [0.717, 1.165) is 10.9 Å². The molecule has 7 nitrogen and oxygen atoms in total. The number of methoxy groups -OCH3 is 1. The third-order valence-electron chi connectivity index (χ3n) is 3.24. The Morgan fingerprint density at radius 3 is 2.81 bits per heavy atom. The zero-order chi connectivity index (χ0) is 15.0. The average molecular weight is 284 g/mol. The van der Waals surface area contributed by atoms with E-state index in [2.05, 4.69) is 10.2 Å². The molecule has 0 aliphatic heterocycles. The van der Waals surface area contributed by atoms with Crippen molar-refractivity contribution in [3.63, 3.8) is 0 Å². The number of nitro benzene ring substituents is 1. The Morgan fingerprint density at radius 2 is 2.10 bits per heavy atom. The van der Waals surface area contributed by atoms with Gasteiger partial charge in [0.1, 0.15) is 11.4 Å². The van der Waals surface area contributed by atoms with Gasteiger partial charge >= 0.3 is 0 Å². The van der Waals surface area contributed by atoms with E-state index in [1.807, 2.05) is 6.07 Å². The molecule has 0 fully saturated rings. The summed E-state index contributed by atoms with van der Waals surface area (Å²) in [5, 5.41) is 18.9. The second kappa shape index (κ2) is 4.78. The summed E-state index contributed by atoms with van der Waals surface area (Å²) >= 11 is 0. The minimum absolute atomic E-state index is 0.0281. The lowest BCUT2D eigenvalue weighted by Crippen LogP contribution is -1.93. The summed E-state index contributed by atoms with van der Waals surface area (Å²) in [4.78, 5) is 10.4. The quantitative estimate of drug-likeness (QED) is 0.437. The van der Waals surface area contributed by atoms with E-state index in [-0.39, 0.29) is 5.69 Å². The summed E-state index contributed by atoms with van der Waals surface area (Å²) in [6, 6.07) is 9.85. The number of benzene rings is 2. The molecule has 0 saturated carbocycles. The van der Waals surface area contributed by atoms with E-state index < -0.39 is 4.92 Å². The predicted octanol–water partition coefficient (Wildman–Crippen LogP) is 2.73. The number of nitrogens with zero attached hydrogens (tertiary/aromatic N) is 2. The second-order valence-electron chi connectivity index (χ2n) is 4.52. The molecule has 0 atom stereocenters. The first kappa shape index (κ1) is 12.9. The van der Waals surface area contributed by atoms with Gasteiger partial charge in [-0.25, -0.2) is 0 Å². The fourth-order valence-electron chi connectivity index (χ4n) is 2.23. The van der Waals surface area contributed by atoms with Crippen LogP contribution in [-0.2, 0) is 0 Å². The molecule has 0 amide bonds. The van der Waals surface area contributed by atoms with Crippen LogP contribution in [0.2, 0.25) is 0 Å². The number of nitro groups is 1. The van der Waals surface area contributed by atoms with Crippen LogP contribution in [0, 0.1) is 10.1 Å². The number of fused-ring (bicyclic) bond motifs is 1. The Bertz CT molecular complexity index is 841. The molecule has 0 radical (unpaired) electrons. The maximum absolute atomic E-state index is 10.8. The summed E-state index contributed by atoms with van der Waals surface area (Å²) in [7, 11) is 1.47. The third-order valence-corrected chi connectivity index (χ3v) is 3.24. The Hall–Kier alpha value is -3.09. The van der Waals surface area contributed by atoms with Crippen LogP contribution in [0.3, 0.4) is 0 Å². The summed E-state index contributed by atoms with van der Waals surface area (Å²) in [6.07, 6.45) is 0. The van der Waals surface area contributed by atoms with Crippen molar-refractivity contribution in [1.82, 2.24) is 10.2 Å². The molecule has 0 unspecified atom stereocenters. The van der Waals surface area contributed by atoms with Gasteiger partial charge in [0, 0.05) is 22.7 Å². The fraction of sp³-hybridized carbons (Fsp3) is 0.0714. The summed E-state index contributed by atoms with van der Waals surface area (Å²) < 4.78 is 5.25. The molecule has 21 heavy (non-hydrogen) atoms. The third kappa shape index (κ3) is 2.14. The predicted molar refractivity (Wildman–Crippen MR) is 79.1 cm³/mol. The lowest BCUT2D eigenvalue weighted by atomic mass is 10.1. The molecule has 106 valence electrons. The molecule has 0 aliphatic carbocycles. The van der Waals surface area contributed by atoms with Gasteiger partial charge in [0.05, 0.1) is 23.6 Å². The monoisotopic (exact) mass is 284 g/mol. The van der Waals surface area contributed by atoms with Crippen molar-refractivity contribution in [1.29, 1.82) is 0 Å². The highest BCUT2D eigenvalue weighted by Crippen LogP contribution is 2.36. The van der Waals surface area contributed by atoms with Gasteiger partial charge in [-0.05, 0) is 24.3 Å². The zero-order valence-electron chi connectivity index (χ0n) is 11.2. The molecule has 2 aromatic carbocycles. The Kier molecular flexibility index (Phi) is 2.94. The van der Waals surface area contributed by atoms with Crippen LogP contribution in [0.15, 0.2) is 36.4 Å². The van der Waals surface area contributed by atoms with Crippen molar-refractivity contribution in [3.05, 3.63) is 46.5 Å². The topological polar surface area (TPSA) is 107 Å². The lowest BCUT2D eigenvalue weighted by Gasteiger charge is -2.06. The van der Waals surface area contributed by atoms with Gasteiger partial charge < -0.3 is 10.5 Å². The molecule has 1 heterocycles. The number of hydrogen-bond acceptors (Lipinski definition) is 5. The first-order chi connectivity index (χ1) is 10.1. The zero-order valence-corrected chi connectivity index (χ0v) is 11.2. The largest absolute Gasteiger partial charge is 0.496 e. The van der Waals surface area contributed by atoms with Crippen molar-refractivity contribution in [2.75, 3.05) is 12.8 Å². The Morgan fingerprint density at radius 1 is 1.29 bits per heavy atom. The first-order valence-corrected chi connectivity index (χ1v) is 6.16.